The predicted molar refractivity (Wildman–Crippen MR) is 113 cm³/mol. The first-order valence-electron chi connectivity index (χ1n) is 10.4. The number of para-hydroxylation sites is 1. The molecule has 1 fully saturated rings. The number of hydrogen-bond donors (Lipinski definition) is 1. The van der Waals surface area contributed by atoms with Crippen molar-refractivity contribution in [3.8, 4) is 16.9 Å². The smallest absolute Gasteiger partial charge is 0.267 e. The Bertz CT molecular complexity index is 1160. The molecule has 2 aliphatic rings. The van der Waals surface area contributed by atoms with Gasteiger partial charge in [0.1, 0.15) is 17.6 Å². The van der Waals surface area contributed by atoms with Gasteiger partial charge in [0, 0.05) is 24.1 Å². The van der Waals surface area contributed by atoms with Crippen LogP contribution in [0.5, 0.6) is 5.75 Å². The lowest BCUT2D eigenvalue weighted by atomic mass is 9.87. The number of carbonyl (C=O) groups is 1. The van der Waals surface area contributed by atoms with E-state index in [0.717, 1.165) is 4.90 Å². The molecule has 1 N–H and O–H groups in total. The molecule has 2 atom stereocenters. The van der Waals surface area contributed by atoms with Crippen LogP contribution < -0.4 is 9.46 Å². The van der Waals surface area contributed by atoms with Crippen molar-refractivity contribution in [3.63, 3.8) is 0 Å². The lowest BCUT2D eigenvalue weighted by Crippen LogP contribution is -2.66. The number of fused-ring (bicyclic) bond motifs is 5. The maximum Gasteiger partial charge on any atom is 0.267 e. The van der Waals surface area contributed by atoms with E-state index in [1.165, 1.54) is 12.1 Å². The minimum absolute atomic E-state index is 0.0211. The first-order chi connectivity index (χ1) is 15.6. The van der Waals surface area contributed by atoms with Crippen LogP contribution in [0.3, 0.4) is 0 Å². The van der Waals surface area contributed by atoms with Gasteiger partial charge in [0.15, 0.2) is 0 Å². The largest absolute Gasteiger partial charge is 0.492 e. The van der Waals surface area contributed by atoms with Gasteiger partial charge in [-0.3, -0.25) is 4.79 Å². The molecule has 1 amide bonds. The zero-order valence-electron chi connectivity index (χ0n) is 17.4. The Balaban J connectivity index is 1.84. The molecule has 33 heavy (non-hydrogen) atoms. The van der Waals surface area contributed by atoms with Crippen LogP contribution in [0.2, 0.25) is 0 Å². The Morgan fingerprint density at radius 1 is 1.12 bits per heavy atom. The van der Waals surface area contributed by atoms with Crippen molar-refractivity contribution < 1.29 is 35.5 Å². The van der Waals surface area contributed by atoms with E-state index >= 15 is 4.39 Å². The molecule has 2 aliphatic heterocycles. The molecule has 0 saturated carbocycles. The number of piperidine rings is 1. The second-order valence-electron chi connectivity index (χ2n) is 8.06. The second-order valence-corrected chi connectivity index (χ2v) is 9.75. The normalized spacial score (nSPS) is 22.9. The summed E-state index contributed by atoms with van der Waals surface area (Å²) in [4.78, 5) is 14.1. The van der Waals surface area contributed by atoms with Gasteiger partial charge in [0.2, 0.25) is 21.9 Å². The highest BCUT2D eigenvalue weighted by Crippen LogP contribution is 2.38. The summed E-state index contributed by atoms with van der Waals surface area (Å²) < 4.78 is 89.4. The van der Waals surface area contributed by atoms with Crippen molar-refractivity contribution in [1.29, 1.82) is 0 Å². The van der Waals surface area contributed by atoms with Crippen molar-refractivity contribution >= 4 is 15.9 Å². The molecular weight excluding hydrogens is 464 g/mol. The molecule has 2 bridgehead atoms. The van der Waals surface area contributed by atoms with Gasteiger partial charge in [-0.25, -0.2) is 30.7 Å². The summed E-state index contributed by atoms with van der Waals surface area (Å²) >= 11 is 0. The summed E-state index contributed by atoms with van der Waals surface area (Å²) in [6, 6.07) is 5.71. The third-order valence-corrected chi connectivity index (χ3v) is 6.86. The Hall–Kier alpha value is -2.66. The fourth-order valence-electron chi connectivity index (χ4n) is 4.36. The fraction of sp³-hybridized carbons (Fsp3) is 0.409. The molecule has 0 aromatic heterocycles. The summed E-state index contributed by atoms with van der Waals surface area (Å²) in [5.74, 6) is -4.44. The third-order valence-electron chi connectivity index (χ3n) is 5.96. The van der Waals surface area contributed by atoms with E-state index in [9.17, 15) is 26.4 Å². The molecular formula is C22H22F4N2O4S. The predicted octanol–water partition coefficient (Wildman–Crippen LogP) is 3.27. The van der Waals surface area contributed by atoms with Gasteiger partial charge >= 0.3 is 0 Å². The molecule has 2 heterocycles. The van der Waals surface area contributed by atoms with E-state index in [1.807, 2.05) is 0 Å². The summed E-state index contributed by atoms with van der Waals surface area (Å²) in [5.41, 5.74) is 0.642. The molecule has 2 aromatic carbocycles. The molecule has 6 nitrogen and oxygen atoms in total. The van der Waals surface area contributed by atoms with Crippen LogP contribution in [0.25, 0.3) is 11.1 Å². The lowest BCUT2D eigenvalue weighted by Gasteiger charge is -2.45. The number of alkyl halides is 3. The standard InChI is InChI=1S/C22H22F4N2O4S/c23-13-33(30,31)27-21-17-12-14-4-3-6-16(20(14)24)15-5-1-2-7-18(15)32-11-8-19(29)28(17)10-9-22(21,25)26/h1-7,17,21,27H,8-13H2. The van der Waals surface area contributed by atoms with Crippen molar-refractivity contribution in [2.75, 3.05) is 19.2 Å². The van der Waals surface area contributed by atoms with Gasteiger partial charge in [-0.1, -0.05) is 36.4 Å². The number of nitrogens with zero attached hydrogens (tertiary/aromatic N) is 1. The molecule has 0 aliphatic carbocycles. The van der Waals surface area contributed by atoms with Gasteiger partial charge < -0.3 is 9.64 Å². The van der Waals surface area contributed by atoms with Crippen LogP contribution in [0.15, 0.2) is 42.5 Å². The van der Waals surface area contributed by atoms with E-state index in [-0.39, 0.29) is 37.1 Å². The van der Waals surface area contributed by atoms with Crippen LogP contribution in [0, 0.1) is 5.82 Å². The topological polar surface area (TPSA) is 75.7 Å². The van der Waals surface area contributed by atoms with Crippen LogP contribution in [0.4, 0.5) is 17.6 Å². The zero-order valence-corrected chi connectivity index (χ0v) is 18.3. The van der Waals surface area contributed by atoms with Crippen molar-refractivity contribution in [3.05, 3.63) is 53.8 Å². The highest BCUT2D eigenvalue weighted by molar-refractivity contribution is 7.89. The van der Waals surface area contributed by atoms with Gasteiger partial charge in [0.05, 0.1) is 19.1 Å². The van der Waals surface area contributed by atoms with Gasteiger partial charge in [-0.05, 0) is 18.1 Å². The van der Waals surface area contributed by atoms with Crippen molar-refractivity contribution in [1.82, 2.24) is 9.62 Å². The number of amides is 1. The molecule has 0 radical (unpaired) electrons. The van der Waals surface area contributed by atoms with Crippen LogP contribution in [0.1, 0.15) is 18.4 Å². The first kappa shape index (κ1) is 23.5. The number of nitrogens with one attached hydrogen (secondary N) is 1. The summed E-state index contributed by atoms with van der Waals surface area (Å²) in [6.45, 7) is -0.445. The maximum absolute atomic E-state index is 15.6. The fourth-order valence-corrected chi connectivity index (χ4v) is 5.14. The van der Waals surface area contributed by atoms with E-state index in [0.29, 0.717) is 11.3 Å². The number of benzene rings is 2. The molecule has 2 aromatic rings. The summed E-state index contributed by atoms with van der Waals surface area (Å²) in [5, 5.41) is 0. The van der Waals surface area contributed by atoms with E-state index < -0.39 is 52.2 Å². The average Bonchev–Trinajstić information content (AvgIpc) is 2.77. The molecule has 178 valence electrons. The van der Waals surface area contributed by atoms with Crippen LogP contribution in [-0.4, -0.2) is 56.4 Å². The molecule has 4 rings (SSSR count). The van der Waals surface area contributed by atoms with E-state index in [4.69, 9.17) is 4.74 Å². The molecule has 1 saturated heterocycles. The lowest BCUT2D eigenvalue weighted by molar-refractivity contribution is -0.148. The number of hydrogen-bond acceptors (Lipinski definition) is 4. The van der Waals surface area contributed by atoms with Crippen molar-refractivity contribution in [2.24, 2.45) is 0 Å². The number of rotatable bonds is 3. The van der Waals surface area contributed by atoms with Crippen molar-refractivity contribution in [2.45, 2.75) is 37.3 Å². The third kappa shape index (κ3) is 4.70. The maximum atomic E-state index is 15.6. The van der Waals surface area contributed by atoms with E-state index in [1.54, 1.807) is 35.1 Å². The Labute approximate surface area is 188 Å². The highest BCUT2D eigenvalue weighted by Gasteiger charge is 2.52. The molecule has 11 heteroatoms. The van der Waals surface area contributed by atoms with Gasteiger partial charge in [0.25, 0.3) is 5.92 Å². The molecule has 2 unspecified atom stereocenters. The summed E-state index contributed by atoms with van der Waals surface area (Å²) in [7, 11) is -4.68. The monoisotopic (exact) mass is 486 g/mol. The van der Waals surface area contributed by atoms with Gasteiger partial charge in [-0.2, -0.15) is 0 Å². The minimum Gasteiger partial charge on any atom is -0.492 e. The molecule has 0 spiro atoms. The van der Waals surface area contributed by atoms with Crippen LogP contribution in [-0.2, 0) is 21.2 Å². The number of halogens is 4. The Kier molecular flexibility index (Phi) is 6.37. The number of carbonyl (C=O) groups excluding carboxylic acids is 1. The number of ether oxygens (including phenoxy) is 1. The Morgan fingerprint density at radius 2 is 1.85 bits per heavy atom. The minimum atomic E-state index is -4.68. The van der Waals surface area contributed by atoms with Gasteiger partial charge in [-0.15, -0.1) is 0 Å². The first-order valence-corrected chi connectivity index (χ1v) is 12.0. The quantitative estimate of drug-likeness (QED) is 0.676. The Morgan fingerprint density at radius 3 is 2.61 bits per heavy atom. The summed E-state index contributed by atoms with van der Waals surface area (Å²) in [6.07, 6.45) is -1.36. The number of sulfonamides is 1. The zero-order chi connectivity index (χ0) is 23.8. The van der Waals surface area contributed by atoms with Crippen LogP contribution >= 0.6 is 0 Å². The second kappa shape index (κ2) is 8.94. The van der Waals surface area contributed by atoms with E-state index in [2.05, 4.69) is 0 Å². The highest BCUT2D eigenvalue weighted by atomic mass is 32.2. The SMILES string of the molecule is O=C1CCOc2ccccc2-c2cccc(c2F)CC2C(NS(=O)(=O)CF)C(F)(F)CCN12. The average molecular weight is 486 g/mol.